The van der Waals surface area contributed by atoms with Crippen LogP contribution in [0.25, 0.3) is 0 Å². The first-order valence-corrected chi connectivity index (χ1v) is 7.21. The van der Waals surface area contributed by atoms with Crippen molar-refractivity contribution in [2.45, 2.75) is 38.3 Å². The zero-order valence-corrected chi connectivity index (χ0v) is 12.2. The molecular weight excluding hydrogens is 252 g/mol. The molecule has 1 amide bonds. The number of hydrogen-bond acceptors (Lipinski definition) is 3. The summed E-state index contributed by atoms with van der Waals surface area (Å²) in [6.45, 7) is 5.11. The average molecular weight is 276 g/mol. The summed E-state index contributed by atoms with van der Waals surface area (Å²) in [5.74, 6) is -0.334. The van der Waals surface area contributed by atoms with Crippen molar-refractivity contribution in [3.8, 4) is 0 Å². The fourth-order valence-corrected chi connectivity index (χ4v) is 2.92. The summed E-state index contributed by atoms with van der Waals surface area (Å²) in [7, 11) is 0. The summed E-state index contributed by atoms with van der Waals surface area (Å²) in [6, 6.07) is 10.0. The van der Waals surface area contributed by atoms with Gasteiger partial charge in [-0.15, -0.1) is 0 Å². The molecule has 0 spiro atoms. The number of likely N-dealkylation sites (tertiary alicyclic amines) is 1. The zero-order valence-electron chi connectivity index (χ0n) is 12.2. The molecule has 110 valence electrons. The second-order valence-corrected chi connectivity index (χ2v) is 6.09. The summed E-state index contributed by atoms with van der Waals surface area (Å²) in [4.78, 5) is 13.5. The summed E-state index contributed by atoms with van der Waals surface area (Å²) in [6.07, 6.45) is 1.79. The predicted molar refractivity (Wildman–Crippen MR) is 79.0 cm³/mol. The lowest BCUT2D eigenvalue weighted by molar-refractivity contribution is -0.124. The highest BCUT2D eigenvalue weighted by atomic mass is 16.3. The van der Waals surface area contributed by atoms with Crippen LogP contribution in [0.4, 0.5) is 0 Å². The standard InChI is InChI=1S/C16H24N2O2/c1-12-8-9-13(15(17)19)10-18(12)11-16(2,20)14-6-4-3-5-7-14/h3-7,12-13,20H,8-11H2,1-2H3,(H2,17,19). The molecule has 1 aromatic rings. The molecular formula is C16H24N2O2. The van der Waals surface area contributed by atoms with E-state index in [1.807, 2.05) is 37.3 Å². The van der Waals surface area contributed by atoms with Crippen molar-refractivity contribution in [2.75, 3.05) is 13.1 Å². The van der Waals surface area contributed by atoms with E-state index in [1.54, 1.807) is 0 Å². The Morgan fingerprint density at radius 3 is 2.65 bits per heavy atom. The predicted octanol–water partition coefficient (Wildman–Crippen LogP) is 1.48. The number of rotatable bonds is 4. The van der Waals surface area contributed by atoms with Gasteiger partial charge in [-0.2, -0.15) is 0 Å². The number of nitrogens with zero attached hydrogens (tertiary/aromatic N) is 1. The Morgan fingerprint density at radius 2 is 2.05 bits per heavy atom. The van der Waals surface area contributed by atoms with E-state index in [0.29, 0.717) is 19.1 Å². The molecule has 1 fully saturated rings. The van der Waals surface area contributed by atoms with E-state index >= 15 is 0 Å². The molecule has 1 aliphatic heterocycles. The van der Waals surface area contributed by atoms with Gasteiger partial charge in [-0.05, 0) is 32.3 Å². The fraction of sp³-hybridized carbons (Fsp3) is 0.562. The quantitative estimate of drug-likeness (QED) is 0.875. The molecule has 3 unspecified atom stereocenters. The SMILES string of the molecule is CC1CCC(C(N)=O)CN1CC(C)(O)c1ccccc1. The summed E-state index contributed by atoms with van der Waals surface area (Å²) in [5.41, 5.74) is 5.40. The number of amides is 1. The van der Waals surface area contributed by atoms with E-state index in [-0.39, 0.29) is 11.8 Å². The van der Waals surface area contributed by atoms with Gasteiger partial charge in [0.2, 0.25) is 5.91 Å². The Morgan fingerprint density at radius 1 is 1.40 bits per heavy atom. The first-order chi connectivity index (χ1) is 9.40. The first kappa shape index (κ1) is 15.0. The van der Waals surface area contributed by atoms with Gasteiger partial charge in [-0.3, -0.25) is 9.69 Å². The highest BCUT2D eigenvalue weighted by Crippen LogP contribution is 2.27. The van der Waals surface area contributed by atoms with Crippen LogP contribution in [0.5, 0.6) is 0 Å². The van der Waals surface area contributed by atoms with Gasteiger partial charge in [0.15, 0.2) is 0 Å². The third-order valence-electron chi connectivity index (χ3n) is 4.32. The van der Waals surface area contributed by atoms with Crippen LogP contribution in [0.1, 0.15) is 32.3 Å². The van der Waals surface area contributed by atoms with Gasteiger partial charge in [0.05, 0.1) is 11.5 Å². The van der Waals surface area contributed by atoms with Gasteiger partial charge >= 0.3 is 0 Å². The normalized spacial score (nSPS) is 26.9. The average Bonchev–Trinajstić information content (AvgIpc) is 2.42. The van der Waals surface area contributed by atoms with E-state index in [9.17, 15) is 9.90 Å². The van der Waals surface area contributed by atoms with E-state index in [0.717, 1.165) is 18.4 Å². The molecule has 4 heteroatoms. The Labute approximate surface area is 120 Å². The van der Waals surface area contributed by atoms with Crippen LogP contribution < -0.4 is 5.73 Å². The van der Waals surface area contributed by atoms with Gasteiger partial charge < -0.3 is 10.8 Å². The van der Waals surface area contributed by atoms with Gasteiger partial charge in [0.25, 0.3) is 0 Å². The molecule has 2 rings (SSSR count). The maximum absolute atomic E-state index is 11.4. The summed E-state index contributed by atoms with van der Waals surface area (Å²) < 4.78 is 0. The number of β-amino-alcohol motifs (C(OH)–C–C–N with tert-alkyl or cyclic N) is 1. The molecule has 1 heterocycles. The van der Waals surface area contributed by atoms with Crippen molar-refractivity contribution >= 4 is 5.91 Å². The van der Waals surface area contributed by atoms with Crippen molar-refractivity contribution in [1.82, 2.24) is 4.90 Å². The van der Waals surface area contributed by atoms with Crippen molar-refractivity contribution in [3.05, 3.63) is 35.9 Å². The molecule has 20 heavy (non-hydrogen) atoms. The molecule has 1 saturated heterocycles. The van der Waals surface area contributed by atoms with Crippen LogP contribution in [-0.2, 0) is 10.4 Å². The van der Waals surface area contributed by atoms with Gasteiger partial charge in [-0.1, -0.05) is 30.3 Å². The Hall–Kier alpha value is -1.39. The highest BCUT2D eigenvalue weighted by Gasteiger charge is 2.33. The minimum absolute atomic E-state index is 0.0993. The van der Waals surface area contributed by atoms with Crippen LogP contribution in [-0.4, -0.2) is 35.0 Å². The summed E-state index contributed by atoms with van der Waals surface area (Å²) >= 11 is 0. The Kier molecular flexibility index (Phi) is 4.45. The van der Waals surface area contributed by atoms with Gasteiger partial charge in [-0.25, -0.2) is 0 Å². The molecule has 1 aromatic carbocycles. The van der Waals surface area contributed by atoms with Crippen molar-refractivity contribution < 1.29 is 9.90 Å². The highest BCUT2D eigenvalue weighted by molar-refractivity contribution is 5.77. The number of hydrogen-bond donors (Lipinski definition) is 2. The largest absolute Gasteiger partial charge is 0.384 e. The maximum Gasteiger partial charge on any atom is 0.221 e. The van der Waals surface area contributed by atoms with E-state index in [4.69, 9.17) is 5.73 Å². The van der Waals surface area contributed by atoms with Crippen LogP contribution in [0.15, 0.2) is 30.3 Å². The monoisotopic (exact) mass is 276 g/mol. The second kappa shape index (κ2) is 5.94. The van der Waals surface area contributed by atoms with Crippen LogP contribution in [0.3, 0.4) is 0 Å². The third-order valence-corrected chi connectivity index (χ3v) is 4.32. The second-order valence-electron chi connectivity index (χ2n) is 6.09. The molecule has 0 aromatic heterocycles. The van der Waals surface area contributed by atoms with Crippen molar-refractivity contribution in [2.24, 2.45) is 11.7 Å². The van der Waals surface area contributed by atoms with Crippen molar-refractivity contribution in [3.63, 3.8) is 0 Å². The lowest BCUT2D eigenvalue weighted by Crippen LogP contribution is -2.50. The molecule has 4 nitrogen and oxygen atoms in total. The number of carbonyl (C=O) groups is 1. The molecule has 3 N–H and O–H groups in total. The fourth-order valence-electron chi connectivity index (χ4n) is 2.92. The van der Waals surface area contributed by atoms with Gasteiger partial charge in [0.1, 0.15) is 0 Å². The topological polar surface area (TPSA) is 66.6 Å². The van der Waals surface area contributed by atoms with Crippen LogP contribution >= 0.6 is 0 Å². The lowest BCUT2D eigenvalue weighted by Gasteiger charge is -2.40. The molecule has 0 bridgehead atoms. The minimum Gasteiger partial charge on any atom is -0.384 e. The van der Waals surface area contributed by atoms with Crippen LogP contribution in [0.2, 0.25) is 0 Å². The molecule has 0 radical (unpaired) electrons. The first-order valence-electron chi connectivity index (χ1n) is 7.21. The number of benzene rings is 1. The van der Waals surface area contributed by atoms with E-state index < -0.39 is 5.60 Å². The maximum atomic E-state index is 11.4. The smallest absolute Gasteiger partial charge is 0.221 e. The minimum atomic E-state index is -0.922. The Bertz CT molecular complexity index is 459. The van der Waals surface area contributed by atoms with Gasteiger partial charge in [0, 0.05) is 19.1 Å². The Balaban J connectivity index is 2.09. The summed E-state index contributed by atoms with van der Waals surface area (Å²) in [5, 5.41) is 10.7. The van der Waals surface area contributed by atoms with E-state index in [2.05, 4.69) is 11.8 Å². The third kappa shape index (κ3) is 3.38. The van der Waals surface area contributed by atoms with Crippen molar-refractivity contribution in [1.29, 1.82) is 0 Å². The molecule has 1 aliphatic rings. The molecule has 0 saturated carbocycles. The molecule has 3 atom stereocenters. The number of aliphatic hydroxyl groups is 1. The van der Waals surface area contributed by atoms with Crippen LogP contribution in [0, 0.1) is 5.92 Å². The number of carbonyl (C=O) groups excluding carboxylic acids is 1. The zero-order chi connectivity index (χ0) is 14.8. The van der Waals surface area contributed by atoms with E-state index in [1.165, 1.54) is 0 Å². The number of nitrogens with two attached hydrogens (primary N) is 1. The number of primary amides is 1. The molecule has 0 aliphatic carbocycles. The number of piperidine rings is 1. The lowest BCUT2D eigenvalue weighted by atomic mass is 9.89.